The average molecular weight is 269 g/mol. The molecule has 0 bridgehead atoms. The molecular weight excluding hydrogens is 246 g/mol. The first-order chi connectivity index (χ1) is 9.83. The topological polar surface area (TPSA) is 21.3 Å². The maximum atomic E-state index is 5.11. The zero-order valence-corrected chi connectivity index (χ0v) is 12.4. The van der Waals surface area contributed by atoms with Crippen LogP contribution < -0.4 is 5.32 Å². The molecule has 20 heavy (non-hydrogen) atoms. The normalized spacial score (nSPS) is 10.7. The van der Waals surface area contributed by atoms with Gasteiger partial charge in [-0.25, -0.2) is 0 Å². The highest BCUT2D eigenvalue weighted by Gasteiger charge is 2.00. The number of hydrogen-bond donors (Lipinski definition) is 1. The predicted octanol–water partition coefficient (Wildman–Crippen LogP) is 3.65. The van der Waals surface area contributed by atoms with E-state index in [2.05, 4.69) is 60.8 Å². The summed E-state index contributed by atoms with van der Waals surface area (Å²) < 4.78 is 5.11. The zero-order chi connectivity index (χ0) is 14.2. The molecule has 0 aliphatic rings. The molecule has 2 nitrogen and oxygen atoms in total. The monoisotopic (exact) mass is 269 g/mol. The van der Waals surface area contributed by atoms with Gasteiger partial charge in [-0.2, -0.15) is 0 Å². The summed E-state index contributed by atoms with van der Waals surface area (Å²) in [6.45, 7) is 4.83. The standard InChI is InChI=1S/C18H23NO/c1-3-19-14-16-5-4-6-18(13-16)17-9-7-15(8-10-17)11-12-20-2/h4-10,13,19H,3,11-12,14H2,1-2H3. The Morgan fingerprint density at radius 2 is 1.75 bits per heavy atom. The lowest BCUT2D eigenvalue weighted by atomic mass is 10.0. The minimum atomic E-state index is 0.775. The number of benzene rings is 2. The summed E-state index contributed by atoms with van der Waals surface area (Å²) in [7, 11) is 1.74. The lowest BCUT2D eigenvalue weighted by Gasteiger charge is -2.07. The lowest BCUT2D eigenvalue weighted by Crippen LogP contribution is -2.11. The summed E-state index contributed by atoms with van der Waals surface area (Å²) in [5.41, 5.74) is 5.19. The second kappa shape index (κ2) is 7.83. The molecule has 0 atom stereocenters. The van der Waals surface area contributed by atoms with Crippen LogP contribution in [0.3, 0.4) is 0 Å². The number of nitrogens with one attached hydrogen (secondary N) is 1. The average Bonchev–Trinajstić information content (AvgIpc) is 2.52. The summed E-state index contributed by atoms with van der Waals surface area (Å²) in [6, 6.07) is 17.5. The Hall–Kier alpha value is -1.64. The van der Waals surface area contributed by atoms with Crippen LogP contribution in [-0.2, 0) is 17.7 Å². The first-order valence-electron chi connectivity index (χ1n) is 7.21. The third kappa shape index (κ3) is 4.19. The van der Waals surface area contributed by atoms with E-state index in [4.69, 9.17) is 4.74 Å². The Kier molecular flexibility index (Phi) is 5.78. The molecule has 2 aromatic rings. The molecule has 2 rings (SSSR count). The number of ether oxygens (including phenoxy) is 1. The van der Waals surface area contributed by atoms with Crippen LogP contribution in [-0.4, -0.2) is 20.3 Å². The van der Waals surface area contributed by atoms with Gasteiger partial charge in [0.05, 0.1) is 6.61 Å². The molecule has 0 saturated heterocycles. The predicted molar refractivity (Wildman–Crippen MR) is 84.8 cm³/mol. The largest absolute Gasteiger partial charge is 0.384 e. The summed E-state index contributed by atoms with van der Waals surface area (Å²) in [5, 5.41) is 3.36. The Labute approximate surface area is 121 Å². The highest BCUT2D eigenvalue weighted by Crippen LogP contribution is 2.21. The molecule has 0 saturated carbocycles. The van der Waals surface area contributed by atoms with Crippen molar-refractivity contribution in [2.24, 2.45) is 0 Å². The maximum absolute atomic E-state index is 5.11. The van der Waals surface area contributed by atoms with Crippen LogP contribution >= 0.6 is 0 Å². The quantitative estimate of drug-likeness (QED) is 0.828. The first-order valence-corrected chi connectivity index (χ1v) is 7.21. The fourth-order valence-electron chi connectivity index (χ4n) is 2.21. The van der Waals surface area contributed by atoms with Gasteiger partial charge in [0, 0.05) is 13.7 Å². The Morgan fingerprint density at radius 1 is 0.950 bits per heavy atom. The van der Waals surface area contributed by atoms with Crippen LogP contribution in [0.2, 0.25) is 0 Å². The van der Waals surface area contributed by atoms with E-state index in [0.717, 1.165) is 26.1 Å². The van der Waals surface area contributed by atoms with Crippen molar-refractivity contribution in [1.82, 2.24) is 5.32 Å². The molecule has 0 spiro atoms. The molecule has 2 aromatic carbocycles. The number of hydrogen-bond acceptors (Lipinski definition) is 2. The van der Waals surface area contributed by atoms with Crippen molar-refractivity contribution in [3.63, 3.8) is 0 Å². The second-order valence-corrected chi connectivity index (χ2v) is 4.92. The van der Waals surface area contributed by atoms with Crippen molar-refractivity contribution in [1.29, 1.82) is 0 Å². The van der Waals surface area contributed by atoms with Crippen molar-refractivity contribution in [2.45, 2.75) is 19.9 Å². The van der Waals surface area contributed by atoms with Gasteiger partial charge >= 0.3 is 0 Å². The minimum absolute atomic E-state index is 0.775. The Balaban J connectivity index is 2.10. The van der Waals surface area contributed by atoms with Gasteiger partial charge in [-0.1, -0.05) is 49.4 Å². The van der Waals surface area contributed by atoms with Crippen molar-refractivity contribution in [3.05, 3.63) is 59.7 Å². The number of rotatable bonds is 7. The number of methoxy groups -OCH3 is 1. The fourth-order valence-corrected chi connectivity index (χ4v) is 2.21. The van der Waals surface area contributed by atoms with Crippen LogP contribution in [0.5, 0.6) is 0 Å². The molecule has 0 aliphatic heterocycles. The summed E-state index contributed by atoms with van der Waals surface area (Å²) in [5.74, 6) is 0. The van der Waals surface area contributed by atoms with E-state index >= 15 is 0 Å². The Morgan fingerprint density at radius 3 is 2.45 bits per heavy atom. The highest BCUT2D eigenvalue weighted by atomic mass is 16.5. The van der Waals surface area contributed by atoms with Crippen molar-refractivity contribution in [3.8, 4) is 11.1 Å². The molecule has 0 unspecified atom stereocenters. The van der Waals surface area contributed by atoms with Gasteiger partial charge in [0.15, 0.2) is 0 Å². The molecule has 0 aromatic heterocycles. The van der Waals surface area contributed by atoms with Gasteiger partial charge in [0.25, 0.3) is 0 Å². The molecule has 1 N–H and O–H groups in total. The van der Waals surface area contributed by atoms with Crippen LogP contribution in [0.15, 0.2) is 48.5 Å². The van der Waals surface area contributed by atoms with Crippen molar-refractivity contribution in [2.75, 3.05) is 20.3 Å². The van der Waals surface area contributed by atoms with E-state index in [1.165, 1.54) is 22.3 Å². The maximum Gasteiger partial charge on any atom is 0.0502 e. The smallest absolute Gasteiger partial charge is 0.0502 e. The van der Waals surface area contributed by atoms with Crippen molar-refractivity contribution >= 4 is 0 Å². The molecule has 0 amide bonds. The van der Waals surface area contributed by atoms with Crippen molar-refractivity contribution < 1.29 is 4.74 Å². The highest BCUT2D eigenvalue weighted by molar-refractivity contribution is 5.64. The van der Waals surface area contributed by atoms with Crippen LogP contribution in [0.25, 0.3) is 11.1 Å². The molecular formula is C18H23NO. The van der Waals surface area contributed by atoms with Gasteiger partial charge in [-0.3, -0.25) is 0 Å². The molecule has 0 heterocycles. The van der Waals surface area contributed by atoms with Gasteiger partial charge in [-0.05, 0) is 41.3 Å². The molecule has 106 valence electrons. The molecule has 0 aliphatic carbocycles. The Bertz CT molecular complexity index is 519. The van der Waals surface area contributed by atoms with Gasteiger partial charge in [0.2, 0.25) is 0 Å². The SMILES string of the molecule is CCNCc1cccc(-c2ccc(CCOC)cc2)c1. The molecule has 0 radical (unpaired) electrons. The molecule has 0 fully saturated rings. The van der Waals surface area contributed by atoms with Crippen LogP contribution in [0.4, 0.5) is 0 Å². The van der Waals surface area contributed by atoms with Crippen LogP contribution in [0, 0.1) is 0 Å². The van der Waals surface area contributed by atoms with Gasteiger partial charge in [-0.15, -0.1) is 0 Å². The van der Waals surface area contributed by atoms with E-state index in [1.807, 2.05) is 0 Å². The van der Waals surface area contributed by atoms with E-state index in [0.29, 0.717) is 0 Å². The van der Waals surface area contributed by atoms with Gasteiger partial charge < -0.3 is 10.1 Å². The zero-order valence-electron chi connectivity index (χ0n) is 12.4. The minimum Gasteiger partial charge on any atom is -0.384 e. The fraction of sp³-hybridized carbons (Fsp3) is 0.333. The van der Waals surface area contributed by atoms with Gasteiger partial charge in [0.1, 0.15) is 0 Å². The van der Waals surface area contributed by atoms with Crippen LogP contribution in [0.1, 0.15) is 18.1 Å². The molecule has 2 heteroatoms. The third-order valence-electron chi connectivity index (χ3n) is 3.39. The van der Waals surface area contributed by atoms with E-state index in [1.54, 1.807) is 7.11 Å². The summed E-state index contributed by atoms with van der Waals surface area (Å²) in [4.78, 5) is 0. The van der Waals surface area contributed by atoms with E-state index < -0.39 is 0 Å². The summed E-state index contributed by atoms with van der Waals surface area (Å²) >= 11 is 0. The lowest BCUT2D eigenvalue weighted by molar-refractivity contribution is 0.202. The van der Waals surface area contributed by atoms with E-state index in [-0.39, 0.29) is 0 Å². The second-order valence-electron chi connectivity index (χ2n) is 4.92. The van der Waals surface area contributed by atoms with E-state index in [9.17, 15) is 0 Å². The summed E-state index contributed by atoms with van der Waals surface area (Å²) in [6.07, 6.45) is 0.969. The first kappa shape index (κ1) is 14.8. The third-order valence-corrected chi connectivity index (χ3v) is 3.39.